The molecule has 0 fully saturated rings. The van der Waals surface area contributed by atoms with Crippen LogP contribution in [0.1, 0.15) is 16.1 Å². The van der Waals surface area contributed by atoms with Gasteiger partial charge in [0.1, 0.15) is 15.2 Å². The van der Waals surface area contributed by atoms with Gasteiger partial charge in [0.15, 0.2) is 0 Å². The minimum absolute atomic E-state index is 0.114. The molecule has 1 atom stereocenters. The van der Waals surface area contributed by atoms with Gasteiger partial charge in [-0.3, -0.25) is 4.72 Å². The van der Waals surface area contributed by atoms with Gasteiger partial charge in [-0.1, -0.05) is 35.9 Å². The zero-order valence-electron chi connectivity index (χ0n) is 16.0. The van der Waals surface area contributed by atoms with Gasteiger partial charge < -0.3 is 0 Å². The highest BCUT2D eigenvalue weighted by Crippen LogP contribution is 2.41. The van der Waals surface area contributed by atoms with E-state index in [4.69, 9.17) is 22.3 Å². The molecule has 0 radical (unpaired) electrons. The lowest BCUT2D eigenvalue weighted by Gasteiger charge is -2.09. The van der Waals surface area contributed by atoms with Crippen molar-refractivity contribution in [1.29, 1.82) is 0 Å². The SMILES string of the molecule is O=S(=O)(Nc1ccc(Cc2nc3cc(C(F)(F)F)ccc3[s+]2Cl)c(Cl)c1)c1ccccc1. The van der Waals surface area contributed by atoms with Crippen molar-refractivity contribution in [2.24, 2.45) is 0 Å². The van der Waals surface area contributed by atoms with Crippen LogP contribution in [0.25, 0.3) is 10.2 Å². The van der Waals surface area contributed by atoms with Gasteiger partial charge >= 0.3 is 6.18 Å². The van der Waals surface area contributed by atoms with Crippen LogP contribution in [0.5, 0.6) is 0 Å². The molecule has 11 heteroatoms. The molecule has 32 heavy (non-hydrogen) atoms. The van der Waals surface area contributed by atoms with E-state index >= 15 is 0 Å². The minimum atomic E-state index is -4.47. The van der Waals surface area contributed by atoms with Gasteiger partial charge in [-0.15, -0.1) is 0 Å². The van der Waals surface area contributed by atoms with Crippen molar-refractivity contribution in [2.75, 3.05) is 4.72 Å². The molecule has 0 saturated carbocycles. The first-order valence-electron chi connectivity index (χ1n) is 9.10. The fourth-order valence-corrected chi connectivity index (χ4v) is 6.23. The van der Waals surface area contributed by atoms with Crippen LogP contribution in [0.4, 0.5) is 18.9 Å². The van der Waals surface area contributed by atoms with E-state index in [-0.39, 0.29) is 27.5 Å². The van der Waals surface area contributed by atoms with Crippen LogP contribution in [0.2, 0.25) is 5.02 Å². The second kappa shape index (κ2) is 8.55. The van der Waals surface area contributed by atoms with E-state index < -0.39 is 31.4 Å². The second-order valence-electron chi connectivity index (χ2n) is 6.84. The molecule has 0 bridgehead atoms. The third kappa shape index (κ3) is 4.71. The Balaban J connectivity index is 1.59. The number of thiazole rings is 1. The Labute approximate surface area is 194 Å². The van der Waals surface area contributed by atoms with Crippen LogP contribution >= 0.6 is 32.0 Å². The number of aromatic nitrogens is 1. The van der Waals surface area contributed by atoms with E-state index in [0.29, 0.717) is 15.3 Å². The third-order valence-electron chi connectivity index (χ3n) is 4.63. The predicted molar refractivity (Wildman–Crippen MR) is 122 cm³/mol. The number of sulfonamides is 1. The molecular weight excluding hydrogens is 504 g/mol. The van der Waals surface area contributed by atoms with Crippen LogP contribution in [-0.4, -0.2) is 13.4 Å². The lowest BCUT2D eigenvalue weighted by atomic mass is 10.1. The predicted octanol–water partition coefficient (Wildman–Crippen LogP) is 7.05. The summed E-state index contributed by atoms with van der Waals surface area (Å²) in [5, 5.41) is 0.766. The maximum absolute atomic E-state index is 13.0. The van der Waals surface area contributed by atoms with Crippen molar-refractivity contribution in [1.82, 2.24) is 4.98 Å². The molecule has 3 aromatic carbocycles. The maximum atomic E-state index is 13.0. The van der Waals surface area contributed by atoms with Crippen molar-refractivity contribution in [3.63, 3.8) is 0 Å². The first kappa shape index (κ1) is 22.8. The number of alkyl halides is 3. The van der Waals surface area contributed by atoms with Crippen LogP contribution < -0.4 is 4.72 Å². The molecule has 4 rings (SSSR count). The number of hydrogen-bond donors (Lipinski definition) is 1. The Kier molecular flexibility index (Phi) is 6.10. The number of rotatable bonds is 5. The number of halogens is 5. The topological polar surface area (TPSA) is 59.1 Å². The average molecular weight is 518 g/mol. The Hall–Kier alpha value is -2.33. The normalized spacial score (nSPS) is 12.8. The molecule has 166 valence electrons. The van der Waals surface area contributed by atoms with Crippen molar-refractivity contribution < 1.29 is 21.6 Å². The Morgan fingerprint density at radius 1 is 1.00 bits per heavy atom. The summed E-state index contributed by atoms with van der Waals surface area (Å²) < 4.78 is 66.8. The summed E-state index contributed by atoms with van der Waals surface area (Å²) >= 11 is 6.35. The van der Waals surface area contributed by atoms with Crippen molar-refractivity contribution in [2.45, 2.75) is 17.5 Å². The van der Waals surface area contributed by atoms with Crippen molar-refractivity contribution in [3.05, 3.63) is 87.9 Å². The van der Waals surface area contributed by atoms with Gasteiger partial charge in [-0.2, -0.15) is 18.2 Å². The van der Waals surface area contributed by atoms with E-state index in [9.17, 15) is 21.6 Å². The molecule has 0 amide bonds. The molecule has 1 heterocycles. The number of nitrogens with one attached hydrogen (secondary N) is 1. The lowest BCUT2D eigenvalue weighted by Crippen LogP contribution is -2.12. The van der Waals surface area contributed by atoms with Crippen LogP contribution in [0.15, 0.2) is 71.6 Å². The maximum Gasteiger partial charge on any atom is 0.416 e. The molecule has 0 saturated heterocycles. The first-order chi connectivity index (χ1) is 15.0. The quantitative estimate of drug-likeness (QED) is 0.288. The molecule has 0 spiro atoms. The molecule has 1 aromatic heterocycles. The molecule has 4 aromatic rings. The summed E-state index contributed by atoms with van der Waals surface area (Å²) in [6.45, 7) is 0. The summed E-state index contributed by atoms with van der Waals surface area (Å²) in [5.41, 5.74) is 0.300. The van der Waals surface area contributed by atoms with Gasteiger partial charge in [-0.25, -0.2) is 8.42 Å². The summed E-state index contributed by atoms with van der Waals surface area (Å²) in [4.78, 5) is 4.41. The average Bonchev–Trinajstić information content (AvgIpc) is 3.05. The lowest BCUT2D eigenvalue weighted by molar-refractivity contribution is -0.137. The fraction of sp³-hybridized carbons (Fsp3) is 0.0952. The molecule has 0 aliphatic heterocycles. The van der Waals surface area contributed by atoms with Crippen LogP contribution in [0, 0.1) is 0 Å². The molecule has 4 nitrogen and oxygen atoms in total. The van der Waals surface area contributed by atoms with Crippen LogP contribution in [-0.2, 0) is 22.6 Å². The number of hydrogen-bond acceptors (Lipinski definition) is 3. The standard InChI is InChI=1S/C21H14Cl2F3N2O2S2/c22-17-12-15(28-32(29,30)16-4-2-1-3-5-16)8-6-13(17)10-20-27-18-11-14(21(24,25)26)7-9-19(18)31(20)23/h1-9,11-12,28H,10H2/q+1. The van der Waals surface area contributed by atoms with E-state index in [1.807, 2.05) is 0 Å². The van der Waals surface area contributed by atoms with Gasteiger partial charge in [0, 0.05) is 11.1 Å². The molecule has 1 N–H and O–H groups in total. The second-order valence-corrected chi connectivity index (χ2v) is 11.3. The smallest absolute Gasteiger partial charge is 0.280 e. The fourth-order valence-electron chi connectivity index (χ4n) is 3.07. The summed E-state index contributed by atoms with van der Waals surface area (Å²) in [6.07, 6.45) is -4.25. The Morgan fingerprint density at radius 3 is 2.38 bits per heavy atom. The molecule has 1 unspecified atom stereocenters. The highest BCUT2D eigenvalue weighted by atomic mass is 35.7. The monoisotopic (exact) mass is 517 g/mol. The highest BCUT2D eigenvalue weighted by molar-refractivity contribution is 7.92. The number of fused-ring (bicyclic) bond motifs is 1. The highest BCUT2D eigenvalue weighted by Gasteiger charge is 2.33. The number of anilines is 1. The molecular formula is C21H14Cl2F3N2O2S2+. The van der Waals surface area contributed by atoms with Gasteiger partial charge in [0.25, 0.3) is 15.0 Å². The minimum Gasteiger partial charge on any atom is -0.280 e. The van der Waals surface area contributed by atoms with E-state index in [2.05, 4.69) is 9.71 Å². The summed E-state index contributed by atoms with van der Waals surface area (Å²) in [5.74, 6) is 0. The van der Waals surface area contributed by atoms with Crippen molar-refractivity contribution >= 4 is 57.9 Å². The molecule has 0 aliphatic rings. The van der Waals surface area contributed by atoms with E-state index in [1.54, 1.807) is 30.3 Å². The Morgan fingerprint density at radius 2 is 1.72 bits per heavy atom. The van der Waals surface area contributed by atoms with Gasteiger partial charge in [0.05, 0.1) is 22.6 Å². The van der Waals surface area contributed by atoms with Gasteiger partial charge in [0.2, 0.25) is 15.4 Å². The Bertz CT molecular complexity index is 1410. The summed E-state index contributed by atoms with van der Waals surface area (Å²) in [7, 11) is 1.68. The number of benzene rings is 3. The van der Waals surface area contributed by atoms with Crippen LogP contribution in [0.3, 0.4) is 0 Å². The third-order valence-corrected chi connectivity index (χ3v) is 8.79. The van der Waals surface area contributed by atoms with Gasteiger partial charge in [-0.05, 0) is 42.0 Å². The zero-order valence-corrected chi connectivity index (χ0v) is 19.2. The first-order valence-corrected chi connectivity index (χ1v) is 13.0. The number of nitrogens with zero attached hydrogens (tertiary/aromatic N) is 1. The largest absolute Gasteiger partial charge is 0.416 e. The van der Waals surface area contributed by atoms with E-state index in [1.165, 1.54) is 24.3 Å². The zero-order chi connectivity index (χ0) is 23.1. The summed E-state index contributed by atoms with van der Waals surface area (Å²) in [6, 6.07) is 15.8. The van der Waals surface area contributed by atoms with Crippen molar-refractivity contribution in [3.8, 4) is 0 Å². The molecule has 0 aliphatic carbocycles. The van der Waals surface area contributed by atoms with E-state index in [0.717, 1.165) is 12.1 Å².